The van der Waals surface area contributed by atoms with Crippen LogP contribution in [0.2, 0.25) is 0 Å². The summed E-state index contributed by atoms with van der Waals surface area (Å²) in [6.07, 6.45) is 0. The van der Waals surface area contributed by atoms with Gasteiger partial charge in [0.25, 0.3) is 5.91 Å². The predicted octanol–water partition coefficient (Wildman–Crippen LogP) is 2.46. The van der Waals surface area contributed by atoms with Gasteiger partial charge >= 0.3 is 0 Å². The number of hydrazone groups is 1. The van der Waals surface area contributed by atoms with Crippen molar-refractivity contribution >= 4 is 11.6 Å². The average Bonchev–Trinajstić information content (AvgIpc) is 2.59. The second-order valence-corrected chi connectivity index (χ2v) is 4.83. The Kier molecular flexibility index (Phi) is 5.73. The number of ether oxygens (including phenoxy) is 2. The van der Waals surface area contributed by atoms with Crippen LogP contribution in [0.25, 0.3) is 0 Å². The first-order valence-electron chi connectivity index (χ1n) is 7.09. The lowest BCUT2D eigenvalue weighted by molar-refractivity contribution is -0.123. The number of hydrogen-bond donors (Lipinski definition) is 2. The van der Waals surface area contributed by atoms with Crippen LogP contribution in [0.15, 0.2) is 47.6 Å². The van der Waals surface area contributed by atoms with Crippen LogP contribution in [0, 0.1) is 5.82 Å². The first-order chi connectivity index (χ1) is 11.5. The quantitative estimate of drug-likeness (QED) is 0.629. The zero-order valence-corrected chi connectivity index (χ0v) is 13.2. The summed E-state index contributed by atoms with van der Waals surface area (Å²) in [6.45, 7) is 1.23. The first-order valence-corrected chi connectivity index (χ1v) is 7.09. The molecule has 2 aromatic carbocycles. The number of amides is 1. The molecule has 2 N–H and O–H groups in total. The second kappa shape index (κ2) is 7.96. The minimum Gasteiger partial charge on any atom is -0.507 e. The maximum atomic E-state index is 13.4. The largest absolute Gasteiger partial charge is 0.507 e. The van der Waals surface area contributed by atoms with Gasteiger partial charge in [0.1, 0.15) is 11.5 Å². The average molecular weight is 332 g/mol. The fraction of sp³-hybridized carbons (Fsp3) is 0.176. The van der Waals surface area contributed by atoms with Gasteiger partial charge in [0.05, 0.1) is 12.8 Å². The molecular formula is C17H17FN2O4. The molecule has 6 nitrogen and oxygen atoms in total. The number of hydrogen-bond acceptors (Lipinski definition) is 5. The van der Waals surface area contributed by atoms with Crippen molar-refractivity contribution in [1.29, 1.82) is 0 Å². The minimum absolute atomic E-state index is 0.00825. The van der Waals surface area contributed by atoms with Gasteiger partial charge in [0.2, 0.25) is 0 Å². The highest BCUT2D eigenvalue weighted by atomic mass is 19.1. The van der Waals surface area contributed by atoms with Crippen LogP contribution >= 0.6 is 0 Å². The summed E-state index contributed by atoms with van der Waals surface area (Å²) in [5.41, 5.74) is 3.09. The Morgan fingerprint density at radius 2 is 2.04 bits per heavy atom. The van der Waals surface area contributed by atoms with Gasteiger partial charge < -0.3 is 14.6 Å². The minimum atomic E-state index is -0.556. The Hall–Kier alpha value is -3.09. The molecule has 7 heteroatoms. The topological polar surface area (TPSA) is 80.2 Å². The standard InChI is InChI=1S/C17H17FN2O4/c1-11(13-9-12(23-2)7-8-15(13)21)19-20-17(22)10-24-16-6-4-3-5-14(16)18/h3-9,21H,10H2,1-2H3,(H,20,22)/b19-11+. The number of halogens is 1. The molecule has 0 saturated carbocycles. The Bertz CT molecular complexity index is 762. The molecule has 0 aliphatic heterocycles. The van der Waals surface area contributed by atoms with Gasteiger partial charge in [-0.3, -0.25) is 4.79 Å². The van der Waals surface area contributed by atoms with E-state index in [1.54, 1.807) is 25.1 Å². The van der Waals surface area contributed by atoms with E-state index in [-0.39, 0.29) is 18.1 Å². The molecule has 0 fully saturated rings. The number of phenols is 1. The van der Waals surface area contributed by atoms with E-state index in [2.05, 4.69) is 10.5 Å². The van der Waals surface area contributed by atoms with E-state index in [1.165, 1.54) is 31.4 Å². The van der Waals surface area contributed by atoms with E-state index in [9.17, 15) is 14.3 Å². The van der Waals surface area contributed by atoms with Crippen molar-refractivity contribution in [3.63, 3.8) is 0 Å². The highest BCUT2D eigenvalue weighted by molar-refractivity contribution is 6.01. The van der Waals surface area contributed by atoms with E-state index in [4.69, 9.17) is 9.47 Å². The lowest BCUT2D eigenvalue weighted by Crippen LogP contribution is -2.25. The van der Waals surface area contributed by atoms with Gasteiger partial charge in [-0.1, -0.05) is 12.1 Å². The van der Waals surface area contributed by atoms with Crippen molar-refractivity contribution in [1.82, 2.24) is 5.43 Å². The fourth-order valence-corrected chi connectivity index (χ4v) is 1.88. The summed E-state index contributed by atoms with van der Waals surface area (Å²) in [6, 6.07) is 10.5. The normalized spacial score (nSPS) is 11.0. The molecule has 0 saturated heterocycles. The summed E-state index contributed by atoms with van der Waals surface area (Å²) in [4.78, 5) is 11.7. The molecule has 2 rings (SSSR count). The Labute approximate surface area is 138 Å². The van der Waals surface area contributed by atoms with Crippen molar-refractivity contribution in [2.75, 3.05) is 13.7 Å². The van der Waals surface area contributed by atoms with Crippen molar-refractivity contribution in [3.05, 3.63) is 53.8 Å². The molecule has 0 aliphatic rings. The fourth-order valence-electron chi connectivity index (χ4n) is 1.88. The van der Waals surface area contributed by atoms with Crippen molar-refractivity contribution in [2.45, 2.75) is 6.92 Å². The SMILES string of the molecule is COc1ccc(O)c(/C(C)=N/NC(=O)COc2ccccc2F)c1. The summed E-state index contributed by atoms with van der Waals surface area (Å²) in [5, 5.41) is 13.7. The predicted molar refractivity (Wildman–Crippen MR) is 86.9 cm³/mol. The Balaban J connectivity index is 1.97. The molecule has 0 radical (unpaired) electrons. The molecule has 1 amide bonds. The number of nitrogens with zero attached hydrogens (tertiary/aromatic N) is 1. The first kappa shape index (κ1) is 17.3. The van der Waals surface area contributed by atoms with Crippen LogP contribution < -0.4 is 14.9 Å². The molecule has 0 heterocycles. The number of nitrogens with one attached hydrogen (secondary N) is 1. The lowest BCUT2D eigenvalue weighted by atomic mass is 10.1. The highest BCUT2D eigenvalue weighted by Gasteiger charge is 2.09. The van der Waals surface area contributed by atoms with E-state index < -0.39 is 11.7 Å². The number of carbonyl (C=O) groups excluding carboxylic acids is 1. The van der Waals surface area contributed by atoms with Crippen LogP contribution in [0.4, 0.5) is 4.39 Å². The van der Waals surface area contributed by atoms with Crippen molar-refractivity contribution < 1.29 is 23.8 Å². The summed E-state index contributed by atoms with van der Waals surface area (Å²) in [7, 11) is 1.50. The van der Waals surface area contributed by atoms with Crippen LogP contribution in [0.5, 0.6) is 17.2 Å². The van der Waals surface area contributed by atoms with E-state index in [0.717, 1.165) is 0 Å². The molecule has 0 spiro atoms. The van der Waals surface area contributed by atoms with E-state index in [1.807, 2.05) is 0 Å². The smallest absolute Gasteiger partial charge is 0.277 e. The van der Waals surface area contributed by atoms with Crippen molar-refractivity contribution in [2.24, 2.45) is 5.10 Å². The number of para-hydroxylation sites is 1. The highest BCUT2D eigenvalue weighted by Crippen LogP contribution is 2.23. The molecule has 0 aromatic heterocycles. The third-order valence-electron chi connectivity index (χ3n) is 3.14. The third-order valence-corrected chi connectivity index (χ3v) is 3.14. The maximum Gasteiger partial charge on any atom is 0.277 e. The van der Waals surface area contributed by atoms with Gasteiger partial charge in [0, 0.05) is 5.56 Å². The molecule has 0 atom stereocenters. The summed E-state index contributed by atoms with van der Waals surface area (Å²) in [5.74, 6) is -0.564. The monoisotopic (exact) mass is 332 g/mol. The zero-order chi connectivity index (χ0) is 17.5. The summed E-state index contributed by atoms with van der Waals surface area (Å²) >= 11 is 0. The molecule has 0 aliphatic carbocycles. The number of phenolic OH excluding ortho intramolecular Hbond substituents is 1. The number of aromatic hydroxyl groups is 1. The number of benzene rings is 2. The molecule has 0 unspecified atom stereocenters. The van der Waals surface area contributed by atoms with Gasteiger partial charge in [-0.2, -0.15) is 5.10 Å². The second-order valence-electron chi connectivity index (χ2n) is 4.83. The van der Waals surface area contributed by atoms with E-state index >= 15 is 0 Å². The van der Waals surface area contributed by atoms with Crippen LogP contribution in [0.3, 0.4) is 0 Å². The Morgan fingerprint density at radius 1 is 1.29 bits per heavy atom. The molecular weight excluding hydrogens is 315 g/mol. The molecule has 2 aromatic rings. The molecule has 0 bridgehead atoms. The van der Waals surface area contributed by atoms with Crippen LogP contribution in [-0.4, -0.2) is 30.4 Å². The molecule has 24 heavy (non-hydrogen) atoms. The van der Waals surface area contributed by atoms with Gasteiger partial charge in [-0.15, -0.1) is 0 Å². The number of rotatable bonds is 6. The van der Waals surface area contributed by atoms with Crippen LogP contribution in [0.1, 0.15) is 12.5 Å². The molecule has 126 valence electrons. The number of methoxy groups -OCH3 is 1. The van der Waals surface area contributed by atoms with Gasteiger partial charge in [-0.25, -0.2) is 9.82 Å². The Morgan fingerprint density at radius 3 is 2.75 bits per heavy atom. The van der Waals surface area contributed by atoms with Gasteiger partial charge in [-0.05, 0) is 37.3 Å². The van der Waals surface area contributed by atoms with Gasteiger partial charge in [0.15, 0.2) is 18.2 Å². The zero-order valence-electron chi connectivity index (χ0n) is 13.2. The van der Waals surface area contributed by atoms with Crippen LogP contribution in [-0.2, 0) is 4.79 Å². The third kappa shape index (κ3) is 4.45. The lowest BCUT2D eigenvalue weighted by Gasteiger charge is -2.08. The maximum absolute atomic E-state index is 13.4. The van der Waals surface area contributed by atoms with E-state index in [0.29, 0.717) is 17.0 Å². The summed E-state index contributed by atoms with van der Waals surface area (Å²) < 4.78 is 23.5. The van der Waals surface area contributed by atoms with Crippen molar-refractivity contribution in [3.8, 4) is 17.2 Å². The number of carbonyl (C=O) groups is 1.